The fourth-order valence-corrected chi connectivity index (χ4v) is 1.32. The van der Waals surface area contributed by atoms with E-state index in [1.165, 1.54) is 7.11 Å². The van der Waals surface area contributed by atoms with E-state index in [0.717, 1.165) is 0 Å². The largest absolute Gasteiger partial charge is 0.395 e. The molecule has 0 aromatic heterocycles. The van der Waals surface area contributed by atoms with Gasteiger partial charge < -0.3 is 9.84 Å². The highest BCUT2D eigenvalue weighted by atomic mass is 32.2. The van der Waals surface area contributed by atoms with Gasteiger partial charge >= 0.3 is 5.76 Å². The van der Waals surface area contributed by atoms with Crippen LogP contribution in [-0.2, 0) is 14.8 Å². The molecule has 0 amide bonds. The van der Waals surface area contributed by atoms with Crippen LogP contribution in [0.2, 0.25) is 0 Å². The molecule has 8 heteroatoms. The highest BCUT2D eigenvalue weighted by Gasteiger charge is 2.26. The Bertz CT molecular complexity index is 231. The summed E-state index contributed by atoms with van der Waals surface area (Å²) in [6.45, 7) is -0.762. The van der Waals surface area contributed by atoms with Crippen molar-refractivity contribution in [2.45, 2.75) is 11.8 Å². The predicted octanol–water partition coefficient (Wildman–Crippen LogP) is -0.864. The van der Waals surface area contributed by atoms with Crippen LogP contribution < -0.4 is 4.72 Å². The lowest BCUT2D eigenvalue weighted by atomic mass is 10.4. The maximum Gasteiger partial charge on any atom is 0.350 e. The number of methoxy groups -OCH3 is 1. The second kappa shape index (κ2) is 5.43. The minimum atomic E-state index is -4.66. The Kier molecular flexibility index (Phi) is 5.30. The van der Waals surface area contributed by atoms with Gasteiger partial charge in [-0.05, 0) is 0 Å². The molecule has 1 unspecified atom stereocenters. The quantitative estimate of drug-likeness (QED) is 0.609. The van der Waals surface area contributed by atoms with Crippen molar-refractivity contribution in [3.63, 3.8) is 0 Å². The van der Waals surface area contributed by atoms with Gasteiger partial charge in [-0.25, -0.2) is 13.1 Å². The van der Waals surface area contributed by atoms with Crippen molar-refractivity contribution in [1.29, 1.82) is 0 Å². The van der Waals surface area contributed by atoms with Crippen LogP contribution in [0.4, 0.5) is 8.78 Å². The van der Waals surface area contributed by atoms with Crippen molar-refractivity contribution < 1.29 is 27.0 Å². The summed E-state index contributed by atoms with van der Waals surface area (Å²) in [5.74, 6) is -3.50. The normalized spacial score (nSPS) is 14.8. The fraction of sp³-hybridized carbons (Fsp3) is 1.00. The molecule has 80 valence electrons. The molecule has 0 fully saturated rings. The maximum absolute atomic E-state index is 11.8. The molecule has 2 N–H and O–H groups in total. The third-order valence-corrected chi connectivity index (χ3v) is 2.28. The van der Waals surface area contributed by atoms with Crippen LogP contribution in [0.5, 0.6) is 0 Å². The van der Waals surface area contributed by atoms with Gasteiger partial charge in [0.15, 0.2) is 0 Å². The fourth-order valence-electron chi connectivity index (χ4n) is 0.609. The molecular weight excluding hydrogens is 208 g/mol. The Labute approximate surface area is 74.7 Å². The summed E-state index contributed by atoms with van der Waals surface area (Å²) < 4.78 is 50.7. The number of nitrogens with one attached hydrogen (secondary N) is 1. The number of ether oxygens (including phenoxy) is 1. The van der Waals surface area contributed by atoms with Crippen molar-refractivity contribution in [2.24, 2.45) is 0 Å². The van der Waals surface area contributed by atoms with E-state index in [2.05, 4.69) is 4.74 Å². The van der Waals surface area contributed by atoms with Gasteiger partial charge in [0.1, 0.15) is 0 Å². The van der Waals surface area contributed by atoms with E-state index < -0.39 is 28.4 Å². The number of rotatable bonds is 6. The van der Waals surface area contributed by atoms with Gasteiger partial charge in [0, 0.05) is 7.11 Å². The minimum absolute atomic E-state index is 0.164. The first-order valence-electron chi connectivity index (χ1n) is 3.33. The topological polar surface area (TPSA) is 75.6 Å². The van der Waals surface area contributed by atoms with Gasteiger partial charge in [0.25, 0.3) is 10.0 Å². The summed E-state index contributed by atoms with van der Waals surface area (Å²) in [6.07, 6.45) is 0. The lowest BCUT2D eigenvalue weighted by molar-refractivity contribution is 0.137. The van der Waals surface area contributed by atoms with Gasteiger partial charge in [-0.2, -0.15) is 8.78 Å². The second-order valence-electron chi connectivity index (χ2n) is 2.26. The third-order valence-electron chi connectivity index (χ3n) is 1.15. The van der Waals surface area contributed by atoms with Crippen molar-refractivity contribution in [1.82, 2.24) is 4.72 Å². The molecule has 0 bridgehead atoms. The number of hydrogen-bond donors (Lipinski definition) is 2. The molecule has 0 rings (SSSR count). The van der Waals surface area contributed by atoms with E-state index in [1.54, 1.807) is 4.72 Å². The SMILES string of the molecule is COCC(CO)NS(=O)(=O)C(F)F. The zero-order chi connectivity index (χ0) is 10.5. The highest BCUT2D eigenvalue weighted by molar-refractivity contribution is 7.89. The molecule has 0 aliphatic carbocycles. The van der Waals surface area contributed by atoms with E-state index >= 15 is 0 Å². The molecule has 0 spiro atoms. The molecule has 0 aliphatic heterocycles. The van der Waals surface area contributed by atoms with Gasteiger partial charge in [-0.3, -0.25) is 0 Å². The maximum atomic E-state index is 11.8. The lowest BCUT2D eigenvalue weighted by Crippen LogP contribution is -2.43. The van der Waals surface area contributed by atoms with Crippen LogP contribution in [0.1, 0.15) is 0 Å². The number of hydrogen-bond acceptors (Lipinski definition) is 4. The first-order valence-corrected chi connectivity index (χ1v) is 4.87. The van der Waals surface area contributed by atoms with Crippen LogP contribution in [0.25, 0.3) is 0 Å². The Morgan fingerprint density at radius 1 is 1.54 bits per heavy atom. The zero-order valence-electron chi connectivity index (χ0n) is 6.91. The molecule has 13 heavy (non-hydrogen) atoms. The van der Waals surface area contributed by atoms with Crippen LogP contribution in [0, 0.1) is 0 Å². The standard InChI is InChI=1S/C5H11F2NO4S/c1-12-3-4(2-9)8-13(10,11)5(6)7/h4-5,8-9H,2-3H2,1H3. The van der Waals surface area contributed by atoms with Crippen LogP contribution in [0.15, 0.2) is 0 Å². The second-order valence-corrected chi connectivity index (χ2v) is 3.94. The third kappa shape index (κ3) is 4.46. The number of halogens is 2. The van der Waals surface area contributed by atoms with E-state index in [-0.39, 0.29) is 6.61 Å². The molecule has 0 heterocycles. The summed E-state index contributed by atoms with van der Waals surface area (Å²) in [7, 11) is -3.39. The Hall–Kier alpha value is -0.310. The molecule has 1 atom stereocenters. The number of aliphatic hydroxyl groups excluding tert-OH is 1. The zero-order valence-corrected chi connectivity index (χ0v) is 7.72. The van der Waals surface area contributed by atoms with Gasteiger partial charge in [-0.1, -0.05) is 0 Å². The van der Waals surface area contributed by atoms with Gasteiger partial charge in [-0.15, -0.1) is 0 Å². The first kappa shape index (κ1) is 12.7. The molecule has 0 aromatic carbocycles. The summed E-state index contributed by atoms with van der Waals surface area (Å²) in [6, 6.07) is -1.04. The van der Waals surface area contributed by atoms with Crippen LogP contribution in [-0.4, -0.2) is 45.6 Å². The summed E-state index contributed by atoms with van der Waals surface area (Å²) >= 11 is 0. The van der Waals surface area contributed by atoms with E-state index in [4.69, 9.17) is 5.11 Å². The van der Waals surface area contributed by atoms with Gasteiger partial charge in [0.2, 0.25) is 0 Å². The lowest BCUT2D eigenvalue weighted by Gasteiger charge is -2.14. The molecular formula is C5H11F2NO4S. The Balaban J connectivity index is 4.23. The smallest absolute Gasteiger partial charge is 0.350 e. The highest BCUT2D eigenvalue weighted by Crippen LogP contribution is 2.02. The monoisotopic (exact) mass is 219 g/mol. The van der Waals surface area contributed by atoms with E-state index in [1.807, 2.05) is 0 Å². The van der Waals surface area contributed by atoms with Gasteiger partial charge in [0.05, 0.1) is 19.3 Å². The van der Waals surface area contributed by atoms with Crippen molar-refractivity contribution >= 4 is 10.0 Å². The number of aliphatic hydroxyl groups is 1. The molecule has 0 radical (unpaired) electrons. The molecule has 0 aromatic rings. The van der Waals surface area contributed by atoms with Crippen LogP contribution >= 0.6 is 0 Å². The number of alkyl halides is 2. The summed E-state index contributed by atoms with van der Waals surface area (Å²) in [5, 5.41) is 8.55. The molecule has 0 aliphatic rings. The average molecular weight is 219 g/mol. The number of sulfonamides is 1. The Morgan fingerprint density at radius 3 is 2.38 bits per heavy atom. The van der Waals surface area contributed by atoms with E-state index in [9.17, 15) is 17.2 Å². The minimum Gasteiger partial charge on any atom is -0.395 e. The molecule has 0 saturated heterocycles. The first-order chi connectivity index (χ1) is 5.94. The van der Waals surface area contributed by atoms with Crippen molar-refractivity contribution in [3.8, 4) is 0 Å². The summed E-state index contributed by atoms with van der Waals surface area (Å²) in [4.78, 5) is 0. The van der Waals surface area contributed by atoms with E-state index in [0.29, 0.717) is 0 Å². The molecule has 0 saturated carbocycles. The van der Waals surface area contributed by atoms with Crippen molar-refractivity contribution in [2.75, 3.05) is 20.3 Å². The summed E-state index contributed by atoms with van der Waals surface area (Å²) in [5.41, 5.74) is 0. The van der Waals surface area contributed by atoms with Crippen LogP contribution in [0.3, 0.4) is 0 Å². The Morgan fingerprint density at radius 2 is 2.08 bits per heavy atom. The predicted molar refractivity (Wildman–Crippen MR) is 40.8 cm³/mol. The van der Waals surface area contributed by atoms with Crippen molar-refractivity contribution in [3.05, 3.63) is 0 Å². The average Bonchev–Trinajstić information content (AvgIpc) is 2.03. The molecule has 5 nitrogen and oxygen atoms in total.